The first kappa shape index (κ1) is 25.3. The number of carboxylic acid groups (broad SMARTS) is 1. The Balaban J connectivity index is 1.94. The molecule has 0 aliphatic carbocycles. The van der Waals surface area contributed by atoms with Crippen molar-refractivity contribution in [3.63, 3.8) is 0 Å². The molecule has 6 nitrogen and oxygen atoms in total. The van der Waals surface area contributed by atoms with Gasteiger partial charge < -0.3 is 24.4 Å². The van der Waals surface area contributed by atoms with Gasteiger partial charge >= 0.3 is 5.97 Å². The van der Waals surface area contributed by atoms with E-state index in [1.165, 1.54) is 12.1 Å². The minimum atomic E-state index is -1.05. The van der Waals surface area contributed by atoms with Gasteiger partial charge in [0.05, 0.1) is 22.9 Å². The van der Waals surface area contributed by atoms with Gasteiger partial charge in [0.15, 0.2) is 11.5 Å². The maximum Gasteiger partial charge on any atom is 0.335 e. The molecule has 0 spiro atoms. The van der Waals surface area contributed by atoms with Crippen molar-refractivity contribution in [2.45, 2.75) is 23.5 Å². The smallest absolute Gasteiger partial charge is 0.335 e. The molecule has 2 N–H and O–H groups in total. The molecule has 2 aromatic carbocycles. The van der Waals surface area contributed by atoms with Crippen LogP contribution in [0.25, 0.3) is 0 Å². The first-order chi connectivity index (χ1) is 15.9. The van der Waals surface area contributed by atoms with Crippen LogP contribution in [0.2, 0.25) is 0 Å². The molecule has 0 fully saturated rings. The lowest BCUT2D eigenvalue weighted by Gasteiger charge is -2.37. The fourth-order valence-electron chi connectivity index (χ4n) is 3.54. The summed E-state index contributed by atoms with van der Waals surface area (Å²) >= 11 is 3.50. The minimum absolute atomic E-state index is 0.190. The molecule has 1 unspecified atom stereocenters. The highest BCUT2D eigenvalue weighted by molar-refractivity contribution is 8.16. The molecule has 1 heterocycles. The largest absolute Gasteiger partial charge is 0.489 e. The predicted octanol–water partition coefficient (Wildman–Crippen LogP) is 4.55. The fraction of sp³-hybridized carbons (Fsp3) is 0.400. The molecule has 0 bridgehead atoms. The van der Waals surface area contributed by atoms with Crippen LogP contribution in [0.1, 0.15) is 46.5 Å². The lowest BCUT2D eigenvalue weighted by Crippen LogP contribution is -2.27. The van der Waals surface area contributed by atoms with Crippen LogP contribution in [0.5, 0.6) is 11.5 Å². The van der Waals surface area contributed by atoms with E-state index in [9.17, 15) is 9.90 Å². The van der Waals surface area contributed by atoms with Crippen molar-refractivity contribution in [3.8, 4) is 23.3 Å². The van der Waals surface area contributed by atoms with Gasteiger partial charge in [0, 0.05) is 24.2 Å². The highest BCUT2D eigenvalue weighted by atomic mass is 32.2. The van der Waals surface area contributed by atoms with E-state index in [1.54, 1.807) is 41.7 Å². The molecule has 8 heteroatoms. The number of hydrogen-bond acceptors (Lipinski definition) is 7. The first-order valence-corrected chi connectivity index (χ1v) is 13.0. The number of carbonyl (C=O) groups is 1. The van der Waals surface area contributed by atoms with Crippen molar-refractivity contribution in [2.75, 3.05) is 38.9 Å². The number of rotatable bonds is 9. The highest BCUT2D eigenvalue weighted by Crippen LogP contribution is 2.55. The van der Waals surface area contributed by atoms with Gasteiger partial charge in [0.1, 0.15) is 12.7 Å². The van der Waals surface area contributed by atoms with Crippen LogP contribution in [-0.4, -0.2) is 55.1 Å². The van der Waals surface area contributed by atoms with E-state index in [1.807, 2.05) is 13.0 Å². The monoisotopic (exact) mass is 488 g/mol. The Kier molecular flexibility index (Phi) is 8.98. The van der Waals surface area contributed by atoms with Crippen LogP contribution < -0.4 is 9.47 Å². The number of aromatic carboxylic acids is 1. The molecule has 0 saturated carbocycles. The number of aliphatic hydroxyl groups is 1. The second-order valence-corrected chi connectivity index (χ2v) is 9.72. The van der Waals surface area contributed by atoms with Gasteiger partial charge in [0.25, 0.3) is 0 Å². The van der Waals surface area contributed by atoms with Gasteiger partial charge in [-0.1, -0.05) is 11.8 Å². The third-order valence-electron chi connectivity index (χ3n) is 5.31. The van der Waals surface area contributed by atoms with Crippen molar-refractivity contribution in [1.29, 1.82) is 0 Å². The quantitative estimate of drug-likeness (QED) is 0.302. The summed E-state index contributed by atoms with van der Waals surface area (Å²) < 4.78 is 17.2. The van der Waals surface area contributed by atoms with Crippen molar-refractivity contribution in [3.05, 3.63) is 58.7 Å². The number of ether oxygens (including phenoxy) is 3. The maximum atomic E-state index is 11.0. The number of fused-ring (bicyclic) bond motifs is 1. The molecule has 2 aromatic rings. The van der Waals surface area contributed by atoms with Gasteiger partial charge in [-0.3, -0.25) is 0 Å². The van der Waals surface area contributed by atoms with Crippen LogP contribution in [0, 0.1) is 11.8 Å². The molecule has 0 aromatic heterocycles. The van der Waals surface area contributed by atoms with Gasteiger partial charge in [-0.2, -0.15) is 0 Å². The zero-order valence-electron chi connectivity index (χ0n) is 18.9. The van der Waals surface area contributed by atoms with Crippen molar-refractivity contribution >= 4 is 29.5 Å². The molecule has 0 amide bonds. The maximum absolute atomic E-state index is 11.0. The first-order valence-electron chi connectivity index (χ1n) is 10.6. The lowest BCUT2D eigenvalue weighted by atomic mass is 9.98. The summed E-state index contributed by atoms with van der Waals surface area (Å²) in [6.07, 6.45) is 3.93. The van der Waals surface area contributed by atoms with Gasteiger partial charge in [-0.05, 0) is 61.4 Å². The molecular weight excluding hydrogens is 460 g/mol. The Morgan fingerprint density at radius 3 is 2.58 bits per heavy atom. The zero-order valence-corrected chi connectivity index (χ0v) is 20.6. The number of aliphatic hydroxyl groups excluding tert-OH is 1. The molecule has 1 aliphatic rings. The summed E-state index contributed by atoms with van der Waals surface area (Å²) in [5.41, 5.74) is 2.41. The van der Waals surface area contributed by atoms with E-state index in [-0.39, 0.29) is 9.64 Å². The van der Waals surface area contributed by atoms with E-state index in [0.717, 1.165) is 12.0 Å². The Labute approximate surface area is 203 Å². The van der Waals surface area contributed by atoms with E-state index >= 15 is 0 Å². The molecule has 176 valence electrons. The zero-order chi connectivity index (χ0) is 23.8. The number of benzene rings is 2. The number of thioether (sulfide) groups is 2. The summed E-state index contributed by atoms with van der Waals surface area (Å²) in [5, 5.41) is 19.9. The topological polar surface area (TPSA) is 85.2 Å². The Hall–Kier alpha value is -2.31. The van der Waals surface area contributed by atoms with Gasteiger partial charge in [-0.25, -0.2) is 4.79 Å². The standard InChI is InChI=1S/C25H28O6S2/c1-4-29-13-14-30-22-16-19(15-20-23(22)31-12-11-25(20,32-2)33-3)21(26)10-7-17-5-8-18(9-6-17)24(27)28/h5-6,8-9,15-16,21,26H,4,11-14H2,1-3H3,(H,27,28). The Morgan fingerprint density at radius 2 is 1.94 bits per heavy atom. The molecule has 1 atom stereocenters. The molecule has 1 aliphatic heterocycles. The summed E-state index contributed by atoms with van der Waals surface area (Å²) in [5.74, 6) is 6.06. The summed E-state index contributed by atoms with van der Waals surface area (Å²) in [6.45, 7) is 3.96. The average molecular weight is 489 g/mol. The van der Waals surface area contributed by atoms with Crippen LogP contribution in [0.15, 0.2) is 36.4 Å². The predicted molar refractivity (Wildman–Crippen MR) is 132 cm³/mol. The van der Waals surface area contributed by atoms with E-state index in [2.05, 4.69) is 24.4 Å². The number of hydrogen-bond donors (Lipinski definition) is 2. The SMILES string of the molecule is CCOCCOc1cc(C(O)C#Cc2ccc(C(=O)O)cc2)cc2c1OCCC2(SC)SC. The third-order valence-corrected chi connectivity index (χ3v) is 8.48. The Morgan fingerprint density at radius 1 is 1.21 bits per heavy atom. The van der Waals surface area contributed by atoms with Gasteiger partial charge in [-0.15, -0.1) is 23.5 Å². The van der Waals surface area contributed by atoms with Crippen molar-refractivity contribution < 1.29 is 29.2 Å². The van der Waals surface area contributed by atoms with E-state index in [0.29, 0.717) is 49.1 Å². The normalized spacial score (nSPS) is 14.9. The molecule has 3 rings (SSSR count). The third kappa shape index (κ3) is 5.98. The second-order valence-electron chi connectivity index (χ2n) is 7.26. The summed E-state index contributed by atoms with van der Waals surface area (Å²) in [6, 6.07) is 9.95. The lowest BCUT2D eigenvalue weighted by molar-refractivity contribution is 0.0697. The molecule has 0 saturated heterocycles. The summed E-state index contributed by atoms with van der Waals surface area (Å²) in [4.78, 5) is 11.0. The fourth-order valence-corrected chi connectivity index (χ4v) is 5.52. The Bertz CT molecular complexity index is 1020. The van der Waals surface area contributed by atoms with E-state index < -0.39 is 12.1 Å². The van der Waals surface area contributed by atoms with E-state index in [4.69, 9.17) is 19.3 Å². The van der Waals surface area contributed by atoms with Crippen molar-refractivity contribution in [1.82, 2.24) is 0 Å². The molecular formula is C25H28O6S2. The minimum Gasteiger partial charge on any atom is -0.489 e. The average Bonchev–Trinajstić information content (AvgIpc) is 2.84. The highest BCUT2D eigenvalue weighted by Gasteiger charge is 2.39. The molecule has 33 heavy (non-hydrogen) atoms. The van der Waals surface area contributed by atoms with Crippen LogP contribution in [-0.2, 0) is 8.82 Å². The van der Waals surface area contributed by atoms with Gasteiger partial charge in [0.2, 0.25) is 0 Å². The second kappa shape index (κ2) is 11.7. The summed E-state index contributed by atoms with van der Waals surface area (Å²) in [7, 11) is 0. The van der Waals surface area contributed by atoms with Crippen LogP contribution >= 0.6 is 23.5 Å². The number of carboxylic acids is 1. The van der Waals surface area contributed by atoms with Crippen LogP contribution in [0.3, 0.4) is 0 Å². The van der Waals surface area contributed by atoms with Crippen molar-refractivity contribution in [2.24, 2.45) is 0 Å². The molecule has 0 radical (unpaired) electrons. The van der Waals surface area contributed by atoms with Crippen LogP contribution in [0.4, 0.5) is 0 Å².